The van der Waals surface area contributed by atoms with Gasteiger partial charge in [-0.2, -0.15) is 11.8 Å². The highest BCUT2D eigenvalue weighted by molar-refractivity contribution is 8.00. The van der Waals surface area contributed by atoms with E-state index in [4.69, 9.17) is 0 Å². The molecule has 0 radical (unpaired) electrons. The molecule has 1 aromatic heterocycles. The Morgan fingerprint density at radius 2 is 2.41 bits per heavy atom. The summed E-state index contributed by atoms with van der Waals surface area (Å²) >= 11 is 3.13. The van der Waals surface area contributed by atoms with Gasteiger partial charge < -0.3 is 5.32 Å². The minimum atomic E-state index is -0.330. The summed E-state index contributed by atoms with van der Waals surface area (Å²) in [6.07, 6.45) is 6.05. The molecule has 1 saturated carbocycles. The first-order valence-electron chi connectivity index (χ1n) is 5.63. The minimum Gasteiger partial charge on any atom is -0.311 e. The molecule has 1 heterocycles. The highest BCUT2D eigenvalue weighted by Crippen LogP contribution is 2.42. The van der Waals surface area contributed by atoms with Gasteiger partial charge >= 0.3 is 5.00 Å². The Bertz CT molecular complexity index is 396. The number of hydrogen-bond acceptors (Lipinski definition) is 5. The second-order valence-corrected chi connectivity index (χ2v) is 6.56. The van der Waals surface area contributed by atoms with Crippen molar-refractivity contribution in [3.8, 4) is 0 Å². The maximum Gasteiger partial charge on any atom is 0.324 e. The van der Waals surface area contributed by atoms with Crippen LogP contribution in [0.1, 0.15) is 24.8 Å². The van der Waals surface area contributed by atoms with Crippen LogP contribution in [0.3, 0.4) is 0 Å². The van der Waals surface area contributed by atoms with Crippen molar-refractivity contribution >= 4 is 28.1 Å². The highest BCUT2D eigenvalue weighted by atomic mass is 32.2. The molecule has 17 heavy (non-hydrogen) atoms. The molecule has 4 nitrogen and oxygen atoms in total. The van der Waals surface area contributed by atoms with Crippen LogP contribution in [0.4, 0.5) is 5.00 Å². The summed E-state index contributed by atoms with van der Waals surface area (Å²) in [5.41, 5.74) is 1.01. The van der Waals surface area contributed by atoms with E-state index in [0.717, 1.165) is 18.7 Å². The minimum absolute atomic E-state index is 0.227. The Morgan fingerprint density at radius 3 is 2.88 bits per heavy atom. The van der Waals surface area contributed by atoms with E-state index in [2.05, 4.69) is 11.6 Å². The molecule has 0 atom stereocenters. The van der Waals surface area contributed by atoms with Crippen molar-refractivity contribution in [2.45, 2.75) is 30.6 Å². The summed E-state index contributed by atoms with van der Waals surface area (Å²) in [5.74, 6) is 0. The van der Waals surface area contributed by atoms with E-state index < -0.39 is 0 Å². The average molecular weight is 272 g/mol. The van der Waals surface area contributed by atoms with Gasteiger partial charge in [0.2, 0.25) is 0 Å². The molecule has 0 unspecified atom stereocenters. The van der Waals surface area contributed by atoms with Crippen LogP contribution in [0.5, 0.6) is 0 Å². The molecule has 1 aromatic rings. The van der Waals surface area contributed by atoms with Crippen LogP contribution >= 0.6 is 23.1 Å². The fraction of sp³-hybridized carbons (Fsp3) is 0.636. The fourth-order valence-electron chi connectivity index (χ4n) is 2.01. The Morgan fingerprint density at radius 1 is 1.65 bits per heavy atom. The zero-order valence-corrected chi connectivity index (χ0v) is 11.4. The van der Waals surface area contributed by atoms with E-state index in [9.17, 15) is 10.1 Å². The topological polar surface area (TPSA) is 55.2 Å². The van der Waals surface area contributed by atoms with Crippen molar-refractivity contribution in [1.29, 1.82) is 0 Å². The van der Waals surface area contributed by atoms with Gasteiger partial charge in [0.15, 0.2) is 0 Å². The molecule has 0 saturated heterocycles. The van der Waals surface area contributed by atoms with Crippen molar-refractivity contribution in [3.63, 3.8) is 0 Å². The standard InChI is InChI=1S/C11H16N2O2S2/c1-16-11(3-2-4-11)8-12-6-9-5-10(13(14)15)17-7-9/h5,7,12H,2-4,6,8H2,1H3. The number of hydrogen-bond donors (Lipinski definition) is 1. The second kappa shape index (κ2) is 5.37. The van der Waals surface area contributed by atoms with Crippen LogP contribution < -0.4 is 5.32 Å². The molecule has 0 spiro atoms. The van der Waals surface area contributed by atoms with Gasteiger partial charge in [0.05, 0.1) is 4.92 Å². The third kappa shape index (κ3) is 3.00. The third-order valence-corrected chi connectivity index (χ3v) is 5.64. The van der Waals surface area contributed by atoms with E-state index in [1.807, 2.05) is 17.1 Å². The first kappa shape index (κ1) is 12.9. The highest BCUT2D eigenvalue weighted by Gasteiger charge is 2.35. The summed E-state index contributed by atoms with van der Waals surface area (Å²) < 4.78 is 0.419. The molecular formula is C11H16N2O2S2. The van der Waals surface area contributed by atoms with Crippen molar-refractivity contribution < 1.29 is 4.92 Å². The van der Waals surface area contributed by atoms with E-state index in [1.165, 1.54) is 30.6 Å². The Hall–Kier alpha value is -0.590. The normalized spacial score (nSPS) is 17.7. The molecule has 0 bridgehead atoms. The van der Waals surface area contributed by atoms with Gasteiger partial charge in [0.25, 0.3) is 0 Å². The van der Waals surface area contributed by atoms with Crippen LogP contribution in [0.15, 0.2) is 11.4 Å². The Labute approximate surface area is 109 Å². The molecule has 1 aliphatic carbocycles. The monoisotopic (exact) mass is 272 g/mol. The van der Waals surface area contributed by atoms with Crippen LogP contribution in [0, 0.1) is 10.1 Å². The molecule has 0 aliphatic heterocycles. The first-order valence-corrected chi connectivity index (χ1v) is 7.73. The van der Waals surface area contributed by atoms with E-state index in [1.54, 1.807) is 6.07 Å². The number of rotatable bonds is 6. The lowest BCUT2D eigenvalue weighted by Crippen LogP contribution is -2.43. The van der Waals surface area contributed by atoms with Crippen molar-refractivity contribution in [2.24, 2.45) is 0 Å². The largest absolute Gasteiger partial charge is 0.324 e. The van der Waals surface area contributed by atoms with Gasteiger partial charge in [-0.15, -0.1) is 0 Å². The first-order chi connectivity index (χ1) is 8.15. The third-order valence-electron chi connectivity index (χ3n) is 3.29. The van der Waals surface area contributed by atoms with Crippen LogP contribution in [0.2, 0.25) is 0 Å². The van der Waals surface area contributed by atoms with Gasteiger partial charge in [-0.05, 0) is 24.7 Å². The van der Waals surface area contributed by atoms with Crippen LogP contribution in [-0.2, 0) is 6.54 Å². The number of thiophene rings is 1. The lowest BCUT2D eigenvalue weighted by Gasteiger charge is -2.40. The molecule has 2 rings (SSSR count). The summed E-state index contributed by atoms with van der Waals surface area (Å²) in [6.45, 7) is 1.73. The zero-order chi connectivity index (χ0) is 12.3. The summed E-state index contributed by atoms with van der Waals surface area (Å²) in [7, 11) is 0. The summed E-state index contributed by atoms with van der Waals surface area (Å²) in [4.78, 5) is 10.2. The maximum atomic E-state index is 10.5. The SMILES string of the molecule is CSC1(CNCc2csc([N+](=O)[O-])c2)CCC1. The number of thioether (sulfide) groups is 1. The van der Waals surface area contributed by atoms with Crippen molar-refractivity contribution in [2.75, 3.05) is 12.8 Å². The quantitative estimate of drug-likeness (QED) is 0.639. The van der Waals surface area contributed by atoms with Gasteiger partial charge in [-0.3, -0.25) is 10.1 Å². The number of nitrogens with one attached hydrogen (secondary N) is 1. The van der Waals surface area contributed by atoms with Crippen LogP contribution in [0.25, 0.3) is 0 Å². The van der Waals surface area contributed by atoms with Crippen LogP contribution in [-0.4, -0.2) is 22.5 Å². The van der Waals surface area contributed by atoms with Gasteiger partial charge in [0.1, 0.15) is 0 Å². The lowest BCUT2D eigenvalue weighted by atomic mass is 9.84. The number of nitro groups is 1. The molecule has 0 amide bonds. The zero-order valence-electron chi connectivity index (χ0n) is 9.77. The van der Waals surface area contributed by atoms with E-state index in [0.29, 0.717) is 4.75 Å². The van der Waals surface area contributed by atoms with E-state index in [-0.39, 0.29) is 9.92 Å². The molecule has 6 heteroatoms. The number of nitrogens with zero attached hydrogens (tertiary/aromatic N) is 1. The summed E-state index contributed by atoms with van der Waals surface area (Å²) in [5, 5.41) is 16.0. The molecule has 1 fully saturated rings. The average Bonchev–Trinajstić information content (AvgIpc) is 2.71. The maximum absolute atomic E-state index is 10.5. The van der Waals surface area contributed by atoms with Gasteiger partial charge in [0, 0.05) is 29.3 Å². The van der Waals surface area contributed by atoms with Gasteiger partial charge in [-0.25, -0.2) is 0 Å². The fourth-order valence-corrected chi connectivity index (χ4v) is 3.68. The predicted octanol–water partition coefficient (Wildman–Crippen LogP) is 3.03. The molecule has 1 N–H and O–H groups in total. The lowest BCUT2D eigenvalue weighted by molar-refractivity contribution is -0.380. The smallest absolute Gasteiger partial charge is 0.311 e. The predicted molar refractivity (Wildman–Crippen MR) is 72.8 cm³/mol. The second-order valence-electron chi connectivity index (χ2n) is 4.39. The molecular weight excluding hydrogens is 256 g/mol. The molecule has 0 aromatic carbocycles. The van der Waals surface area contributed by atoms with Crippen molar-refractivity contribution in [1.82, 2.24) is 5.32 Å². The van der Waals surface area contributed by atoms with Gasteiger partial charge in [-0.1, -0.05) is 17.8 Å². The van der Waals surface area contributed by atoms with E-state index >= 15 is 0 Å². The molecule has 94 valence electrons. The Kier molecular flexibility index (Phi) is 4.06. The molecule has 1 aliphatic rings. The Balaban J connectivity index is 1.79. The van der Waals surface area contributed by atoms with Crippen molar-refractivity contribution in [3.05, 3.63) is 27.1 Å². The summed E-state index contributed by atoms with van der Waals surface area (Å²) in [6, 6.07) is 1.66.